The lowest BCUT2D eigenvalue weighted by Gasteiger charge is -2.34. The summed E-state index contributed by atoms with van der Waals surface area (Å²) in [5.74, 6) is 3.93. The summed E-state index contributed by atoms with van der Waals surface area (Å²) in [6, 6.07) is 0. The zero-order valence-electron chi connectivity index (χ0n) is 18.1. The summed E-state index contributed by atoms with van der Waals surface area (Å²) in [5.41, 5.74) is 0. The predicted molar refractivity (Wildman–Crippen MR) is 117 cm³/mol. The van der Waals surface area contributed by atoms with Crippen LogP contribution in [0.5, 0.6) is 0 Å². The van der Waals surface area contributed by atoms with E-state index in [-0.39, 0.29) is 0 Å². The van der Waals surface area contributed by atoms with Gasteiger partial charge in [0, 0.05) is 33.3 Å². The van der Waals surface area contributed by atoms with E-state index in [0.717, 1.165) is 81.9 Å². The first kappa shape index (κ1) is 22.4. The highest BCUT2D eigenvalue weighted by Gasteiger charge is 2.24. The van der Waals surface area contributed by atoms with Crippen LogP contribution >= 0.6 is 11.8 Å². The second-order valence-electron chi connectivity index (χ2n) is 7.79. The highest BCUT2D eigenvalue weighted by atomic mass is 32.2. The number of hydrogen-bond acceptors (Lipinski definition) is 6. The first-order valence-corrected chi connectivity index (χ1v) is 12.2. The Morgan fingerprint density at radius 2 is 2.14 bits per heavy atom. The van der Waals surface area contributed by atoms with Crippen LogP contribution in [0.15, 0.2) is 4.99 Å². The Balaban J connectivity index is 1.51. The average Bonchev–Trinajstić information content (AvgIpc) is 3.37. The molecule has 0 spiro atoms. The van der Waals surface area contributed by atoms with Crippen LogP contribution in [0, 0.1) is 6.92 Å². The minimum Gasteiger partial charge on any atom is -0.376 e. The third-order valence-electron chi connectivity index (χ3n) is 5.64. The molecule has 0 amide bonds. The number of aryl methyl sites for hydroxylation is 1. The highest BCUT2D eigenvalue weighted by molar-refractivity contribution is 7.98. The molecule has 9 heteroatoms. The van der Waals surface area contributed by atoms with Crippen molar-refractivity contribution in [2.24, 2.45) is 12.0 Å². The Hall–Kier alpha value is -1.32. The van der Waals surface area contributed by atoms with Crippen LogP contribution in [0.3, 0.4) is 0 Å². The van der Waals surface area contributed by atoms with Crippen molar-refractivity contribution in [1.82, 2.24) is 25.0 Å². The van der Waals surface area contributed by atoms with Gasteiger partial charge in [-0.3, -0.25) is 0 Å². The molecule has 2 fully saturated rings. The summed E-state index contributed by atoms with van der Waals surface area (Å²) in [6.07, 6.45) is 8.27. The maximum absolute atomic E-state index is 6.12. The van der Waals surface area contributed by atoms with E-state index in [1.54, 1.807) is 0 Å². The van der Waals surface area contributed by atoms with Gasteiger partial charge in [-0.1, -0.05) is 0 Å². The Kier molecular flexibility index (Phi) is 9.07. The molecule has 0 saturated carbocycles. The Labute approximate surface area is 178 Å². The number of thioether (sulfide) groups is 1. The molecule has 3 rings (SSSR count). The van der Waals surface area contributed by atoms with Crippen LogP contribution in [0.2, 0.25) is 0 Å². The van der Waals surface area contributed by atoms with Gasteiger partial charge in [-0.15, -0.1) is 10.2 Å². The number of aliphatic imine (C=N–C) groups is 1. The van der Waals surface area contributed by atoms with Crippen molar-refractivity contribution in [3.8, 4) is 0 Å². The normalized spacial score (nSPS) is 21.1. The van der Waals surface area contributed by atoms with Gasteiger partial charge in [0.15, 0.2) is 11.8 Å². The topological polar surface area (TPSA) is 76.8 Å². The van der Waals surface area contributed by atoms with Crippen molar-refractivity contribution in [3.05, 3.63) is 11.6 Å². The number of ether oxygens (including phenoxy) is 2. The third-order valence-corrected chi connectivity index (χ3v) is 6.34. The zero-order valence-corrected chi connectivity index (χ0v) is 18.9. The molecule has 3 heterocycles. The van der Waals surface area contributed by atoms with Crippen LogP contribution in [0.25, 0.3) is 0 Å². The predicted octanol–water partition coefficient (Wildman–Crippen LogP) is 1.98. The van der Waals surface area contributed by atoms with E-state index in [4.69, 9.17) is 14.5 Å². The monoisotopic (exact) mass is 424 g/mol. The third kappa shape index (κ3) is 6.86. The molecular formula is C20H36N6O2S. The smallest absolute Gasteiger partial charge is 0.194 e. The molecule has 1 unspecified atom stereocenters. The van der Waals surface area contributed by atoms with Gasteiger partial charge in [0.2, 0.25) is 0 Å². The van der Waals surface area contributed by atoms with Crippen molar-refractivity contribution < 1.29 is 9.47 Å². The molecule has 0 bridgehead atoms. The highest BCUT2D eigenvalue weighted by Crippen LogP contribution is 2.18. The molecule has 8 nitrogen and oxygen atoms in total. The largest absolute Gasteiger partial charge is 0.376 e. The summed E-state index contributed by atoms with van der Waals surface area (Å²) < 4.78 is 13.8. The molecule has 0 aromatic carbocycles. The van der Waals surface area contributed by atoms with E-state index in [1.165, 1.54) is 6.42 Å². The Morgan fingerprint density at radius 1 is 1.31 bits per heavy atom. The van der Waals surface area contributed by atoms with Crippen LogP contribution in [0.1, 0.15) is 43.8 Å². The Morgan fingerprint density at radius 3 is 2.79 bits per heavy atom. The second-order valence-corrected chi connectivity index (χ2v) is 8.78. The first-order chi connectivity index (χ1) is 14.2. The van der Waals surface area contributed by atoms with Crippen molar-refractivity contribution in [1.29, 1.82) is 0 Å². The second kappa shape index (κ2) is 11.8. The van der Waals surface area contributed by atoms with Gasteiger partial charge in [0.25, 0.3) is 0 Å². The van der Waals surface area contributed by atoms with Crippen molar-refractivity contribution in [2.45, 2.75) is 57.8 Å². The summed E-state index contributed by atoms with van der Waals surface area (Å²) in [6.45, 7) is 6.99. The fraction of sp³-hybridized carbons (Fsp3) is 0.850. The first-order valence-electron chi connectivity index (χ1n) is 10.8. The van der Waals surface area contributed by atoms with Crippen molar-refractivity contribution in [2.75, 3.05) is 44.9 Å². The van der Waals surface area contributed by atoms with E-state index >= 15 is 0 Å². The van der Waals surface area contributed by atoms with Gasteiger partial charge in [0.05, 0.1) is 18.8 Å². The van der Waals surface area contributed by atoms with E-state index < -0.39 is 0 Å². The quantitative estimate of drug-likeness (QED) is 0.369. The van der Waals surface area contributed by atoms with E-state index in [2.05, 4.69) is 26.7 Å². The molecule has 1 aromatic rings. The number of aromatic nitrogens is 3. The van der Waals surface area contributed by atoms with Crippen molar-refractivity contribution >= 4 is 17.7 Å². The number of piperidine rings is 1. The number of nitrogens with zero attached hydrogens (tertiary/aromatic N) is 5. The molecule has 2 saturated heterocycles. The van der Waals surface area contributed by atoms with E-state index in [1.807, 2.05) is 30.3 Å². The molecule has 2 aliphatic heterocycles. The molecule has 2 aliphatic rings. The van der Waals surface area contributed by atoms with Gasteiger partial charge in [-0.2, -0.15) is 11.8 Å². The molecule has 1 atom stereocenters. The van der Waals surface area contributed by atoms with Crippen LogP contribution < -0.4 is 5.32 Å². The molecule has 0 radical (unpaired) electrons. The molecule has 29 heavy (non-hydrogen) atoms. The lowest BCUT2D eigenvalue weighted by Crippen LogP contribution is -2.47. The average molecular weight is 425 g/mol. The molecule has 0 aliphatic carbocycles. The fourth-order valence-electron chi connectivity index (χ4n) is 3.67. The molecule has 1 N–H and O–H groups in total. The molecular weight excluding hydrogens is 388 g/mol. The molecule has 164 valence electrons. The summed E-state index contributed by atoms with van der Waals surface area (Å²) in [5, 5.41) is 11.9. The fourth-order valence-corrected chi connectivity index (χ4v) is 4.11. The molecule has 1 aromatic heterocycles. The van der Waals surface area contributed by atoms with Crippen LogP contribution in [-0.4, -0.2) is 82.7 Å². The minimum atomic E-state index is 0.304. The zero-order chi connectivity index (χ0) is 20.5. The maximum atomic E-state index is 6.12. The lowest BCUT2D eigenvalue weighted by molar-refractivity contribution is -0.0367. The standard InChI is InChI=1S/C20H36N6O2S/c1-16-23-24-19(25(16)2)14-22-20(21-9-5-13-29-3)26-10-7-17(8-11-26)28-15-18-6-4-12-27-18/h17-18H,4-15H2,1-3H3,(H,21,22). The number of guanidine groups is 1. The number of hydrogen-bond donors (Lipinski definition) is 1. The summed E-state index contributed by atoms with van der Waals surface area (Å²) in [7, 11) is 1.99. The van der Waals surface area contributed by atoms with Gasteiger partial charge < -0.3 is 24.3 Å². The Bertz CT molecular complexity index is 639. The number of rotatable bonds is 9. The van der Waals surface area contributed by atoms with E-state index in [9.17, 15) is 0 Å². The SMILES string of the molecule is CSCCCNC(=NCc1nnc(C)n1C)N1CCC(OCC2CCCO2)CC1. The maximum Gasteiger partial charge on any atom is 0.194 e. The van der Waals surface area contributed by atoms with Crippen LogP contribution in [-0.2, 0) is 23.1 Å². The summed E-state index contributed by atoms with van der Waals surface area (Å²) in [4.78, 5) is 7.22. The number of likely N-dealkylation sites (tertiary alicyclic amines) is 1. The summed E-state index contributed by atoms with van der Waals surface area (Å²) >= 11 is 1.88. The van der Waals surface area contributed by atoms with E-state index in [0.29, 0.717) is 18.8 Å². The van der Waals surface area contributed by atoms with Gasteiger partial charge >= 0.3 is 0 Å². The number of nitrogens with one attached hydrogen (secondary N) is 1. The van der Waals surface area contributed by atoms with Gasteiger partial charge in [-0.05, 0) is 51.0 Å². The van der Waals surface area contributed by atoms with Crippen LogP contribution in [0.4, 0.5) is 0 Å². The van der Waals surface area contributed by atoms with Gasteiger partial charge in [0.1, 0.15) is 12.4 Å². The van der Waals surface area contributed by atoms with Gasteiger partial charge in [-0.25, -0.2) is 4.99 Å². The minimum absolute atomic E-state index is 0.304. The lowest BCUT2D eigenvalue weighted by atomic mass is 10.1. The van der Waals surface area contributed by atoms with Crippen molar-refractivity contribution in [3.63, 3.8) is 0 Å².